The molecule has 0 unspecified atom stereocenters. The first kappa shape index (κ1) is 21.0. The summed E-state index contributed by atoms with van der Waals surface area (Å²) in [6.45, 7) is 9.75. The monoisotopic (exact) mass is 421 g/mol. The molecule has 0 bridgehead atoms. The summed E-state index contributed by atoms with van der Waals surface area (Å²) in [7, 11) is -3.43. The molecule has 0 aliphatic carbocycles. The molecule has 8 heteroatoms. The molecule has 28 heavy (non-hydrogen) atoms. The van der Waals surface area contributed by atoms with Crippen molar-refractivity contribution in [2.24, 2.45) is 0 Å². The smallest absolute Gasteiger partial charge is 0.252 e. The third-order valence-electron chi connectivity index (χ3n) is 5.21. The van der Waals surface area contributed by atoms with Crippen molar-refractivity contribution in [3.05, 3.63) is 46.3 Å². The maximum absolute atomic E-state index is 12.8. The SMILES string of the molecule is Cc1cc(C)c(NC(=O)[C@H](C)N2CCN(S(=O)(=O)c3cccs3)CC2)c(C)c1. The van der Waals surface area contributed by atoms with Crippen LogP contribution in [0.2, 0.25) is 0 Å². The van der Waals surface area contributed by atoms with Crippen molar-refractivity contribution in [1.29, 1.82) is 0 Å². The minimum Gasteiger partial charge on any atom is -0.324 e. The van der Waals surface area contributed by atoms with Crippen LogP contribution in [0.4, 0.5) is 5.69 Å². The minimum atomic E-state index is -3.43. The first-order valence-electron chi connectivity index (χ1n) is 9.36. The maximum atomic E-state index is 12.8. The van der Waals surface area contributed by atoms with Crippen molar-refractivity contribution in [3.63, 3.8) is 0 Å². The number of carbonyl (C=O) groups excluding carboxylic acids is 1. The zero-order valence-electron chi connectivity index (χ0n) is 16.7. The summed E-state index contributed by atoms with van der Waals surface area (Å²) in [5.74, 6) is -0.0652. The van der Waals surface area contributed by atoms with Crippen molar-refractivity contribution < 1.29 is 13.2 Å². The summed E-state index contributed by atoms with van der Waals surface area (Å²) in [5.41, 5.74) is 4.13. The number of piperazine rings is 1. The molecule has 152 valence electrons. The first-order valence-corrected chi connectivity index (χ1v) is 11.7. The Morgan fingerprint density at radius 2 is 1.71 bits per heavy atom. The van der Waals surface area contributed by atoms with Crippen molar-refractivity contribution >= 4 is 33.0 Å². The van der Waals surface area contributed by atoms with Crippen LogP contribution in [0.15, 0.2) is 33.9 Å². The number of thiophene rings is 1. The fraction of sp³-hybridized carbons (Fsp3) is 0.450. The fourth-order valence-corrected chi connectivity index (χ4v) is 6.21. The number of aryl methyl sites for hydroxylation is 3. The van der Waals surface area contributed by atoms with E-state index in [9.17, 15) is 13.2 Å². The molecule has 0 spiro atoms. The van der Waals surface area contributed by atoms with E-state index in [0.29, 0.717) is 30.4 Å². The highest BCUT2D eigenvalue weighted by Gasteiger charge is 2.32. The molecular weight excluding hydrogens is 394 g/mol. The molecule has 0 radical (unpaired) electrons. The molecule has 1 saturated heterocycles. The number of anilines is 1. The third kappa shape index (κ3) is 4.30. The van der Waals surface area contributed by atoms with Gasteiger partial charge in [-0.3, -0.25) is 9.69 Å². The van der Waals surface area contributed by atoms with Crippen LogP contribution in [0, 0.1) is 20.8 Å². The lowest BCUT2D eigenvalue weighted by molar-refractivity contribution is -0.121. The van der Waals surface area contributed by atoms with E-state index < -0.39 is 10.0 Å². The van der Waals surface area contributed by atoms with Crippen LogP contribution in [0.25, 0.3) is 0 Å². The summed E-state index contributed by atoms with van der Waals surface area (Å²) in [6.07, 6.45) is 0. The molecular formula is C20H27N3O3S2. The van der Waals surface area contributed by atoms with Gasteiger partial charge in [-0.2, -0.15) is 4.31 Å². The molecule has 1 N–H and O–H groups in total. The molecule has 1 fully saturated rings. The van der Waals surface area contributed by atoms with E-state index in [-0.39, 0.29) is 11.9 Å². The summed E-state index contributed by atoms with van der Waals surface area (Å²) >= 11 is 1.23. The third-order valence-corrected chi connectivity index (χ3v) is 8.49. The minimum absolute atomic E-state index is 0.0652. The van der Waals surface area contributed by atoms with Gasteiger partial charge in [0.15, 0.2) is 0 Å². The van der Waals surface area contributed by atoms with Crippen LogP contribution in [0.5, 0.6) is 0 Å². The fourth-order valence-electron chi connectivity index (χ4n) is 3.64. The summed E-state index contributed by atoms with van der Waals surface area (Å²) in [6, 6.07) is 7.17. The molecule has 1 amide bonds. The second kappa shape index (κ2) is 8.32. The van der Waals surface area contributed by atoms with Gasteiger partial charge in [0.1, 0.15) is 4.21 Å². The number of amides is 1. The molecule has 6 nitrogen and oxygen atoms in total. The van der Waals surface area contributed by atoms with Gasteiger partial charge < -0.3 is 5.32 Å². The van der Waals surface area contributed by atoms with Crippen LogP contribution in [-0.2, 0) is 14.8 Å². The summed E-state index contributed by atoms with van der Waals surface area (Å²) in [5, 5.41) is 4.82. The number of nitrogens with one attached hydrogen (secondary N) is 1. The highest BCUT2D eigenvalue weighted by molar-refractivity contribution is 7.91. The average molecular weight is 422 g/mol. The van der Waals surface area contributed by atoms with E-state index >= 15 is 0 Å². The van der Waals surface area contributed by atoms with Crippen LogP contribution < -0.4 is 5.32 Å². The summed E-state index contributed by atoms with van der Waals surface area (Å²) < 4.78 is 27.2. The molecule has 2 heterocycles. The number of rotatable bonds is 5. The maximum Gasteiger partial charge on any atom is 0.252 e. The second-order valence-electron chi connectivity index (χ2n) is 7.31. The van der Waals surface area contributed by atoms with Gasteiger partial charge >= 0.3 is 0 Å². The Morgan fingerprint density at radius 3 is 2.25 bits per heavy atom. The van der Waals surface area contributed by atoms with E-state index in [1.807, 2.05) is 32.6 Å². The van der Waals surface area contributed by atoms with Gasteiger partial charge in [-0.1, -0.05) is 23.8 Å². The van der Waals surface area contributed by atoms with E-state index in [0.717, 1.165) is 16.8 Å². The number of hydrogen-bond donors (Lipinski definition) is 1. The van der Waals surface area contributed by atoms with Crippen LogP contribution >= 0.6 is 11.3 Å². The van der Waals surface area contributed by atoms with Crippen LogP contribution in [0.1, 0.15) is 23.6 Å². The lowest BCUT2D eigenvalue weighted by Crippen LogP contribution is -2.53. The van der Waals surface area contributed by atoms with Gasteiger partial charge in [0.05, 0.1) is 6.04 Å². The van der Waals surface area contributed by atoms with E-state index in [1.165, 1.54) is 21.2 Å². The largest absolute Gasteiger partial charge is 0.324 e. The molecule has 1 atom stereocenters. The Labute approximate surface area is 171 Å². The number of carbonyl (C=O) groups is 1. The van der Waals surface area contributed by atoms with E-state index in [1.54, 1.807) is 17.5 Å². The highest BCUT2D eigenvalue weighted by atomic mass is 32.2. The van der Waals surface area contributed by atoms with E-state index in [4.69, 9.17) is 0 Å². The first-order chi connectivity index (χ1) is 13.2. The van der Waals surface area contributed by atoms with Crippen molar-refractivity contribution in [3.8, 4) is 0 Å². The average Bonchev–Trinajstić information content (AvgIpc) is 3.19. The second-order valence-corrected chi connectivity index (χ2v) is 10.4. The Morgan fingerprint density at radius 1 is 1.11 bits per heavy atom. The number of hydrogen-bond acceptors (Lipinski definition) is 5. The van der Waals surface area contributed by atoms with Crippen molar-refractivity contribution in [1.82, 2.24) is 9.21 Å². The van der Waals surface area contributed by atoms with Gasteiger partial charge in [0.2, 0.25) is 5.91 Å². The predicted molar refractivity (Wildman–Crippen MR) is 113 cm³/mol. The molecule has 1 aliphatic rings. The highest BCUT2D eigenvalue weighted by Crippen LogP contribution is 2.24. The Hall–Kier alpha value is -1.74. The quantitative estimate of drug-likeness (QED) is 0.806. The summed E-state index contributed by atoms with van der Waals surface area (Å²) in [4.78, 5) is 14.8. The Kier molecular flexibility index (Phi) is 6.24. The number of benzene rings is 1. The molecule has 2 aromatic rings. The van der Waals surface area contributed by atoms with Crippen molar-refractivity contribution in [2.75, 3.05) is 31.5 Å². The molecule has 1 aromatic carbocycles. The standard InChI is InChI=1S/C20H27N3O3S2/c1-14-12-15(2)19(16(3)13-14)21-20(24)17(4)22-7-9-23(10-8-22)28(25,26)18-6-5-11-27-18/h5-6,11-13,17H,7-10H2,1-4H3,(H,21,24)/t17-/m0/s1. The lowest BCUT2D eigenvalue weighted by Gasteiger charge is -2.36. The molecule has 1 aromatic heterocycles. The van der Waals surface area contributed by atoms with Gasteiger partial charge in [-0.25, -0.2) is 8.42 Å². The molecule has 1 aliphatic heterocycles. The normalized spacial score (nSPS) is 17.4. The lowest BCUT2D eigenvalue weighted by atomic mass is 10.0. The van der Waals surface area contributed by atoms with Gasteiger partial charge in [-0.15, -0.1) is 11.3 Å². The van der Waals surface area contributed by atoms with Gasteiger partial charge in [0.25, 0.3) is 10.0 Å². The zero-order valence-corrected chi connectivity index (χ0v) is 18.4. The number of nitrogens with zero attached hydrogens (tertiary/aromatic N) is 2. The topological polar surface area (TPSA) is 69.7 Å². The molecule has 0 saturated carbocycles. The predicted octanol–water partition coefficient (Wildman–Crippen LogP) is 3.01. The van der Waals surface area contributed by atoms with Gasteiger partial charge in [-0.05, 0) is 50.3 Å². The number of sulfonamides is 1. The van der Waals surface area contributed by atoms with Crippen molar-refractivity contribution in [2.45, 2.75) is 37.9 Å². The van der Waals surface area contributed by atoms with Gasteiger partial charge in [0, 0.05) is 31.9 Å². The molecule has 3 rings (SSSR count). The van der Waals surface area contributed by atoms with Crippen LogP contribution in [0.3, 0.4) is 0 Å². The zero-order chi connectivity index (χ0) is 20.5. The Balaban J connectivity index is 1.62. The Bertz CT molecular complexity index is 924. The van der Waals surface area contributed by atoms with Crippen LogP contribution in [-0.4, -0.2) is 55.8 Å². The van der Waals surface area contributed by atoms with E-state index in [2.05, 4.69) is 17.4 Å².